The molecule has 0 amide bonds. The fourth-order valence-electron chi connectivity index (χ4n) is 2.45. The van der Waals surface area contributed by atoms with Crippen LogP contribution in [0.4, 0.5) is 5.69 Å². The molecule has 0 aliphatic rings. The van der Waals surface area contributed by atoms with Crippen LogP contribution in [0.15, 0.2) is 18.3 Å². The summed E-state index contributed by atoms with van der Waals surface area (Å²) >= 11 is 6.20. The van der Waals surface area contributed by atoms with Crippen LogP contribution in [0.5, 0.6) is 0 Å². The van der Waals surface area contributed by atoms with Gasteiger partial charge in [0.05, 0.1) is 6.61 Å². The predicted octanol–water partition coefficient (Wildman–Crippen LogP) is 4.45. The zero-order chi connectivity index (χ0) is 17.7. The van der Waals surface area contributed by atoms with Gasteiger partial charge in [-0.05, 0) is 25.1 Å². The molecule has 0 bridgehead atoms. The zero-order valence-electron chi connectivity index (χ0n) is 15.2. The molecular formula is C17H28ClN3O2Si. The molecule has 0 aromatic carbocycles. The van der Waals surface area contributed by atoms with Crippen LogP contribution in [0.25, 0.3) is 11.0 Å². The van der Waals surface area contributed by atoms with Crippen LogP contribution in [-0.2, 0) is 16.2 Å². The predicted molar refractivity (Wildman–Crippen MR) is 104 cm³/mol. The fourth-order valence-corrected chi connectivity index (χ4v) is 3.40. The molecular weight excluding hydrogens is 342 g/mol. The zero-order valence-corrected chi connectivity index (χ0v) is 17.0. The number of hydrogen-bond donors (Lipinski definition) is 1. The number of hydrogen-bond acceptors (Lipinski definition) is 4. The topological polar surface area (TPSA) is 48.3 Å². The first-order valence-corrected chi connectivity index (χ1v) is 12.4. The second-order valence-electron chi connectivity index (χ2n) is 7.36. The second kappa shape index (κ2) is 8.34. The van der Waals surface area contributed by atoms with Crippen LogP contribution in [0.3, 0.4) is 0 Å². The van der Waals surface area contributed by atoms with E-state index in [-0.39, 0.29) is 6.04 Å². The van der Waals surface area contributed by atoms with Gasteiger partial charge in [0.2, 0.25) is 0 Å². The maximum Gasteiger partial charge on any atom is 0.145 e. The first-order chi connectivity index (χ1) is 11.3. The Labute approximate surface area is 150 Å². The van der Waals surface area contributed by atoms with Crippen molar-refractivity contribution in [1.82, 2.24) is 9.55 Å². The van der Waals surface area contributed by atoms with Crippen LogP contribution >= 0.6 is 11.6 Å². The number of aromatic nitrogens is 2. The van der Waals surface area contributed by atoms with E-state index < -0.39 is 8.07 Å². The molecule has 0 aliphatic heterocycles. The van der Waals surface area contributed by atoms with Gasteiger partial charge in [0.25, 0.3) is 0 Å². The van der Waals surface area contributed by atoms with Gasteiger partial charge >= 0.3 is 0 Å². The maximum atomic E-state index is 6.20. The molecule has 0 fully saturated rings. The van der Waals surface area contributed by atoms with Crippen LogP contribution in [0.1, 0.15) is 6.92 Å². The second-order valence-corrected chi connectivity index (χ2v) is 13.4. The highest BCUT2D eigenvalue weighted by molar-refractivity contribution is 6.76. The lowest BCUT2D eigenvalue weighted by Gasteiger charge is -2.16. The number of nitrogens with zero attached hydrogens (tertiary/aromatic N) is 2. The van der Waals surface area contributed by atoms with Gasteiger partial charge in [-0.1, -0.05) is 31.2 Å². The van der Waals surface area contributed by atoms with E-state index in [4.69, 9.17) is 21.1 Å². The van der Waals surface area contributed by atoms with Crippen LogP contribution < -0.4 is 5.32 Å². The number of ether oxygens (including phenoxy) is 2. The Kier molecular flexibility index (Phi) is 6.68. The number of methoxy groups -OCH3 is 1. The largest absolute Gasteiger partial charge is 0.383 e. The molecule has 0 saturated heterocycles. The minimum Gasteiger partial charge on any atom is -0.383 e. The van der Waals surface area contributed by atoms with Crippen molar-refractivity contribution in [3.05, 3.63) is 23.5 Å². The van der Waals surface area contributed by atoms with Gasteiger partial charge in [-0.2, -0.15) is 0 Å². The number of rotatable bonds is 9. The fraction of sp³-hybridized carbons (Fsp3) is 0.588. The number of halogens is 1. The minimum absolute atomic E-state index is 0.188. The summed E-state index contributed by atoms with van der Waals surface area (Å²) in [7, 11) is 0.626. The molecule has 2 rings (SSSR count). The Morgan fingerprint density at radius 1 is 1.38 bits per heavy atom. The van der Waals surface area contributed by atoms with E-state index in [0.29, 0.717) is 18.5 Å². The van der Waals surface area contributed by atoms with Gasteiger partial charge in [0.1, 0.15) is 17.5 Å². The van der Waals surface area contributed by atoms with Crippen LogP contribution in [0, 0.1) is 0 Å². The number of anilines is 1. The summed E-state index contributed by atoms with van der Waals surface area (Å²) < 4.78 is 13.0. The molecule has 5 nitrogen and oxygen atoms in total. The first-order valence-electron chi connectivity index (χ1n) is 8.29. The Balaban J connectivity index is 2.11. The van der Waals surface area contributed by atoms with E-state index in [1.54, 1.807) is 7.11 Å². The van der Waals surface area contributed by atoms with E-state index in [0.717, 1.165) is 29.4 Å². The molecule has 0 saturated carbocycles. The molecule has 2 heterocycles. The summed E-state index contributed by atoms with van der Waals surface area (Å²) in [4.78, 5) is 4.46. The van der Waals surface area contributed by atoms with Crippen LogP contribution in [0.2, 0.25) is 30.8 Å². The summed E-state index contributed by atoms with van der Waals surface area (Å²) in [5.41, 5.74) is 1.80. The molecule has 134 valence electrons. The monoisotopic (exact) mass is 369 g/mol. The van der Waals surface area contributed by atoms with Crippen molar-refractivity contribution in [2.45, 2.75) is 45.4 Å². The first kappa shape index (κ1) is 19.2. The molecule has 2 aromatic rings. The van der Waals surface area contributed by atoms with E-state index in [1.165, 1.54) is 0 Å². The van der Waals surface area contributed by atoms with Gasteiger partial charge in [-0.15, -0.1) is 0 Å². The normalized spacial score (nSPS) is 13.4. The van der Waals surface area contributed by atoms with E-state index in [1.807, 2.05) is 22.9 Å². The smallest absolute Gasteiger partial charge is 0.145 e. The molecule has 0 unspecified atom stereocenters. The summed E-state index contributed by atoms with van der Waals surface area (Å²) in [5.74, 6) is 0. The van der Waals surface area contributed by atoms with Crippen LogP contribution in [-0.4, -0.2) is 44.0 Å². The van der Waals surface area contributed by atoms with Crippen molar-refractivity contribution in [1.29, 1.82) is 0 Å². The van der Waals surface area contributed by atoms with Crippen molar-refractivity contribution in [3.63, 3.8) is 0 Å². The summed E-state index contributed by atoms with van der Waals surface area (Å²) in [6.45, 7) is 11.0. The SMILES string of the molecule is COC[C@@H](C)Nc1cc(Cl)nc2c1ccn2COCC[Si](C)(C)C. The summed E-state index contributed by atoms with van der Waals surface area (Å²) in [6.07, 6.45) is 1.99. The lowest BCUT2D eigenvalue weighted by molar-refractivity contribution is 0.0899. The summed E-state index contributed by atoms with van der Waals surface area (Å²) in [5, 5.41) is 4.94. The van der Waals surface area contributed by atoms with Crippen molar-refractivity contribution < 1.29 is 9.47 Å². The number of pyridine rings is 1. The standard InChI is InChI=1S/C17H28ClN3O2Si/c1-13(11-22-2)19-15-10-16(18)20-17-14(15)6-7-21(17)12-23-8-9-24(3,4)5/h6-7,10,13H,8-9,11-12H2,1-5H3,(H,19,20)/t13-/m1/s1. The average Bonchev–Trinajstić information content (AvgIpc) is 2.86. The highest BCUT2D eigenvalue weighted by atomic mass is 35.5. The molecule has 0 spiro atoms. The number of fused-ring (bicyclic) bond motifs is 1. The highest BCUT2D eigenvalue weighted by Gasteiger charge is 2.14. The minimum atomic E-state index is -1.07. The van der Waals surface area contributed by atoms with Crippen molar-refractivity contribution in [2.24, 2.45) is 0 Å². The van der Waals surface area contributed by atoms with E-state index >= 15 is 0 Å². The third-order valence-electron chi connectivity index (χ3n) is 3.75. The van der Waals surface area contributed by atoms with Gasteiger partial charge < -0.3 is 19.4 Å². The molecule has 1 atom stereocenters. The molecule has 7 heteroatoms. The highest BCUT2D eigenvalue weighted by Crippen LogP contribution is 2.27. The quantitative estimate of drug-likeness (QED) is 0.403. The number of nitrogens with one attached hydrogen (secondary N) is 1. The van der Waals surface area contributed by atoms with Crippen molar-refractivity contribution in [3.8, 4) is 0 Å². The lowest BCUT2D eigenvalue weighted by atomic mass is 10.2. The van der Waals surface area contributed by atoms with Gasteiger partial charge in [-0.25, -0.2) is 4.98 Å². The van der Waals surface area contributed by atoms with E-state index in [2.05, 4.69) is 36.9 Å². The molecule has 2 aromatic heterocycles. The molecule has 0 aliphatic carbocycles. The third-order valence-corrected chi connectivity index (χ3v) is 5.64. The summed E-state index contributed by atoms with van der Waals surface area (Å²) in [6, 6.07) is 5.24. The van der Waals surface area contributed by atoms with Crippen molar-refractivity contribution >= 4 is 36.4 Å². The Hall–Kier alpha value is -1.08. The van der Waals surface area contributed by atoms with Gasteiger partial charge in [0, 0.05) is 45.1 Å². The van der Waals surface area contributed by atoms with Gasteiger partial charge in [0.15, 0.2) is 0 Å². The average molecular weight is 370 g/mol. The Bertz CT molecular complexity index is 670. The third kappa shape index (κ3) is 5.48. The maximum absolute atomic E-state index is 6.20. The van der Waals surface area contributed by atoms with Crippen molar-refractivity contribution in [2.75, 3.05) is 25.6 Å². The Morgan fingerprint density at radius 3 is 2.79 bits per heavy atom. The Morgan fingerprint density at radius 2 is 2.12 bits per heavy atom. The molecule has 24 heavy (non-hydrogen) atoms. The van der Waals surface area contributed by atoms with Gasteiger partial charge in [-0.3, -0.25) is 0 Å². The lowest BCUT2D eigenvalue weighted by Crippen LogP contribution is -2.22. The molecule has 1 N–H and O–H groups in total. The van der Waals surface area contributed by atoms with E-state index in [9.17, 15) is 0 Å². The molecule has 0 radical (unpaired) electrons.